The fraction of sp³-hybridized carbons (Fsp3) is 0.375. The van der Waals surface area contributed by atoms with Crippen molar-refractivity contribution in [2.75, 3.05) is 23.8 Å². The third kappa shape index (κ3) is 3.83. The fourth-order valence-corrected chi connectivity index (χ4v) is 3.42. The molecule has 122 valence electrons. The Morgan fingerprint density at radius 3 is 2.87 bits per heavy atom. The first kappa shape index (κ1) is 16.2. The van der Waals surface area contributed by atoms with E-state index in [1.807, 2.05) is 25.3 Å². The molecule has 1 atom stereocenters. The standard InChI is InChI=1S/C16H18ClN3O2S/c1-9(21)20-14-6-11(15-8-18-10(2)23-15)5-13(17)16(14)19-7-12-3-4-22-12/h5-6,8,12,19H,3-4,7H2,1-2H3,(H,20,21)/t12-/m0/s1. The monoisotopic (exact) mass is 351 g/mol. The van der Waals surface area contributed by atoms with E-state index < -0.39 is 0 Å². The lowest BCUT2D eigenvalue weighted by Crippen LogP contribution is -2.33. The van der Waals surface area contributed by atoms with Gasteiger partial charge in [0.15, 0.2) is 0 Å². The first-order valence-electron chi connectivity index (χ1n) is 7.42. The molecule has 0 spiro atoms. The average molecular weight is 352 g/mol. The minimum Gasteiger partial charge on any atom is -0.380 e. The lowest BCUT2D eigenvalue weighted by molar-refractivity contribution is -0.114. The Labute approximate surface area is 144 Å². The van der Waals surface area contributed by atoms with Crippen molar-refractivity contribution in [1.29, 1.82) is 0 Å². The SMILES string of the molecule is CC(=O)Nc1cc(-c2cnc(C)s2)cc(Cl)c1NC[C@@H]1CCO1. The third-order valence-corrected chi connectivity index (χ3v) is 4.87. The van der Waals surface area contributed by atoms with Crippen molar-refractivity contribution < 1.29 is 9.53 Å². The normalized spacial score (nSPS) is 16.7. The van der Waals surface area contributed by atoms with E-state index in [1.165, 1.54) is 6.92 Å². The van der Waals surface area contributed by atoms with E-state index in [9.17, 15) is 4.79 Å². The minimum absolute atomic E-state index is 0.137. The van der Waals surface area contributed by atoms with Gasteiger partial charge < -0.3 is 15.4 Å². The van der Waals surface area contributed by atoms with Crippen LogP contribution in [-0.4, -0.2) is 30.1 Å². The number of amides is 1. The maximum absolute atomic E-state index is 11.5. The van der Waals surface area contributed by atoms with E-state index in [-0.39, 0.29) is 12.0 Å². The molecule has 5 nitrogen and oxygen atoms in total. The summed E-state index contributed by atoms with van der Waals surface area (Å²) < 4.78 is 5.41. The van der Waals surface area contributed by atoms with E-state index in [1.54, 1.807) is 11.3 Å². The van der Waals surface area contributed by atoms with Gasteiger partial charge in [0.1, 0.15) is 0 Å². The highest BCUT2D eigenvalue weighted by Gasteiger charge is 2.19. The zero-order chi connectivity index (χ0) is 16.4. The maximum atomic E-state index is 11.5. The zero-order valence-corrected chi connectivity index (χ0v) is 14.6. The molecule has 1 aliphatic rings. The molecule has 0 saturated carbocycles. The number of halogens is 1. The second-order valence-electron chi connectivity index (χ2n) is 5.47. The van der Waals surface area contributed by atoms with Crippen LogP contribution in [0.4, 0.5) is 11.4 Å². The molecule has 1 aliphatic heterocycles. The maximum Gasteiger partial charge on any atom is 0.221 e. The van der Waals surface area contributed by atoms with Gasteiger partial charge in [-0.1, -0.05) is 11.6 Å². The minimum atomic E-state index is -0.137. The number of carbonyl (C=O) groups excluding carboxylic acids is 1. The van der Waals surface area contributed by atoms with Crippen molar-refractivity contribution in [3.8, 4) is 10.4 Å². The number of hydrogen-bond acceptors (Lipinski definition) is 5. The highest BCUT2D eigenvalue weighted by molar-refractivity contribution is 7.15. The van der Waals surface area contributed by atoms with Crippen molar-refractivity contribution in [2.45, 2.75) is 26.4 Å². The van der Waals surface area contributed by atoms with Crippen LogP contribution in [-0.2, 0) is 9.53 Å². The van der Waals surface area contributed by atoms with Crippen molar-refractivity contribution in [3.63, 3.8) is 0 Å². The summed E-state index contributed by atoms with van der Waals surface area (Å²) in [5.74, 6) is -0.137. The predicted molar refractivity (Wildman–Crippen MR) is 94.4 cm³/mol. The molecule has 0 bridgehead atoms. The highest BCUT2D eigenvalue weighted by atomic mass is 35.5. The first-order chi connectivity index (χ1) is 11.0. The summed E-state index contributed by atoms with van der Waals surface area (Å²) in [6.45, 7) is 4.92. The van der Waals surface area contributed by atoms with E-state index >= 15 is 0 Å². The van der Waals surface area contributed by atoms with Crippen LogP contribution in [0.2, 0.25) is 5.02 Å². The molecule has 7 heteroatoms. The molecule has 1 saturated heterocycles. The predicted octanol–water partition coefficient (Wildman–Crippen LogP) is 3.93. The Balaban J connectivity index is 1.91. The Morgan fingerprint density at radius 1 is 1.52 bits per heavy atom. The molecule has 2 heterocycles. The number of anilines is 2. The quantitative estimate of drug-likeness (QED) is 0.856. The summed E-state index contributed by atoms with van der Waals surface area (Å²) >= 11 is 8.04. The smallest absolute Gasteiger partial charge is 0.221 e. The van der Waals surface area contributed by atoms with Gasteiger partial charge in [-0.15, -0.1) is 11.3 Å². The van der Waals surface area contributed by atoms with Crippen LogP contribution >= 0.6 is 22.9 Å². The second-order valence-corrected chi connectivity index (χ2v) is 7.11. The van der Waals surface area contributed by atoms with Gasteiger partial charge in [0.2, 0.25) is 5.91 Å². The van der Waals surface area contributed by atoms with Crippen LogP contribution in [0.1, 0.15) is 18.4 Å². The number of rotatable bonds is 5. The van der Waals surface area contributed by atoms with E-state index in [4.69, 9.17) is 16.3 Å². The molecule has 0 unspecified atom stereocenters. The van der Waals surface area contributed by atoms with E-state index in [0.29, 0.717) is 17.3 Å². The van der Waals surface area contributed by atoms with Crippen molar-refractivity contribution >= 4 is 40.2 Å². The first-order valence-corrected chi connectivity index (χ1v) is 8.62. The average Bonchev–Trinajstić information content (AvgIpc) is 2.85. The fourth-order valence-electron chi connectivity index (χ4n) is 2.37. The second kappa shape index (κ2) is 6.86. The molecule has 0 radical (unpaired) electrons. The van der Waals surface area contributed by atoms with Gasteiger partial charge >= 0.3 is 0 Å². The molecule has 23 heavy (non-hydrogen) atoms. The van der Waals surface area contributed by atoms with Gasteiger partial charge in [-0.25, -0.2) is 4.98 Å². The highest BCUT2D eigenvalue weighted by Crippen LogP contribution is 2.38. The molecular weight excluding hydrogens is 334 g/mol. The molecule has 1 aromatic heterocycles. The summed E-state index contributed by atoms with van der Waals surface area (Å²) in [5.41, 5.74) is 2.34. The van der Waals surface area contributed by atoms with E-state index in [2.05, 4.69) is 15.6 Å². The van der Waals surface area contributed by atoms with Gasteiger partial charge in [-0.3, -0.25) is 4.79 Å². The Morgan fingerprint density at radius 2 is 2.30 bits per heavy atom. The molecule has 2 N–H and O–H groups in total. The van der Waals surface area contributed by atoms with E-state index in [0.717, 1.165) is 34.2 Å². The van der Waals surface area contributed by atoms with Crippen LogP contribution in [0.3, 0.4) is 0 Å². The number of nitrogens with one attached hydrogen (secondary N) is 2. The Bertz CT molecular complexity index is 728. The number of benzene rings is 1. The Kier molecular flexibility index (Phi) is 4.84. The van der Waals surface area contributed by atoms with Crippen LogP contribution < -0.4 is 10.6 Å². The summed E-state index contributed by atoms with van der Waals surface area (Å²) in [5, 5.41) is 7.69. The number of aryl methyl sites for hydroxylation is 1. The molecule has 3 rings (SSSR count). The van der Waals surface area contributed by atoms with Gasteiger partial charge in [-0.05, 0) is 31.0 Å². The topological polar surface area (TPSA) is 63.2 Å². The number of nitrogens with zero attached hydrogens (tertiary/aromatic N) is 1. The molecule has 1 fully saturated rings. The van der Waals surface area contributed by atoms with Crippen LogP contribution in [0, 0.1) is 6.92 Å². The molecular formula is C16H18ClN3O2S. The van der Waals surface area contributed by atoms with Gasteiger partial charge in [0.05, 0.1) is 32.4 Å². The lowest BCUT2D eigenvalue weighted by Gasteiger charge is -2.27. The number of ether oxygens (including phenoxy) is 1. The largest absolute Gasteiger partial charge is 0.380 e. The molecule has 1 amide bonds. The van der Waals surface area contributed by atoms with Gasteiger partial charge in [0.25, 0.3) is 0 Å². The number of carbonyl (C=O) groups is 1. The molecule has 0 aliphatic carbocycles. The molecule has 2 aromatic rings. The van der Waals surface area contributed by atoms with Crippen molar-refractivity contribution in [3.05, 3.63) is 28.4 Å². The van der Waals surface area contributed by atoms with Crippen LogP contribution in [0.25, 0.3) is 10.4 Å². The van der Waals surface area contributed by atoms with Gasteiger partial charge in [-0.2, -0.15) is 0 Å². The van der Waals surface area contributed by atoms with Gasteiger partial charge in [0, 0.05) is 26.3 Å². The van der Waals surface area contributed by atoms with Crippen LogP contribution in [0.5, 0.6) is 0 Å². The number of hydrogen-bond donors (Lipinski definition) is 2. The Hall–Kier alpha value is -1.63. The number of thiazole rings is 1. The number of aromatic nitrogens is 1. The summed E-state index contributed by atoms with van der Waals surface area (Å²) in [7, 11) is 0. The van der Waals surface area contributed by atoms with Crippen molar-refractivity contribution in [1.82, 2.24) is 4.98 Å². The lowest BCUT2D eigenvalue weighted by atomic mass is 10.1. The molecule has 1 aromatic carbocycles. The van der Waals surface area contributed by atoms with Crippen LogP contribution in [0.15, 0.2) is 18.3 Å². The van der Waals surface area contributed by atoms with Crippen molar-refractivity contribution in [2.24, 2.45) is 0 Å². The summed E-state index contributed by atoms with van der Waals surface area (Å²) in [4.78, 5) is 16.8. The zero-order valence-electron chi connectivity index (χ0n) is 13.0. The summed E-state index contributed by atoms with van der Waals surface area (Å²) in [6, 6.07) is 3.81. The summed E-state index contributed by atoms with van der Waals surface area (Å²) in [6.07, 6.45) is 3.07. The third-order valence-electron chi connectivity index (χ3n) is 3.61.